The molecule has 2 atom stereocenters. The molecule has 94 heavy (non-hydrogen) atoms. The van der Waals surface area contributed by atoms with Crippen LogP contribution >= 0.6 is 0 Å². The van der Waals surface area contributed by atoms with Gasteiger partial charge in [-0.25, -0.2) is 19.2 Å². The van der Waals surface area contributed by atoms with E-state index in [2.05, 4.69) is 233 Å². The number of aromatic hydroxyl groups is 1. The fourth-order valence-electron chi connectivity index (χ4n) is 3.87. The highest BCUT2D eigenvalue weighted by Gasteiger charge is 2.07. The quantitative estimate of drug-likeness (QED) is 0.0555. The topological polar surface area (TPSA) is 166 Å². The number of benzene rings is 4. The summed E-state index contributed by atoms with van der Waals surface area (Å²) in [6, 6.07) is 34.3. The summed E-state index contributed by atoms with van der Waals surface area (Å²) in [5.41, 5.74) is 9.14. The second kappa shape index (κ2) is 86.4. The molecule has 0 spiro atoms. The molecule has 4 aromatic carbocycles. The van der Waals surface area contributed by atoms with Gasteiger partial charge in [-0.05, 0) is 110 Å². The predicted octanol–water partition coefficient (Wildman–Crippen LogP) is 23.3. The van der Waals surface area contributed by atoms with Crippen LogP contribution in [0.5, 0.6) is 5.75 Å². The number of hydrogen-bond donors (Lipinski definition) is 3. The fraction of sp³-hybridized carbons (Fsp3) is 0.566. The molecule has 0 aliphatic rings. The van der Waals surface area contributed by atoms with E-state index < -0.39 is 24.1 Å². The van der Waals surface area contributed by atoms with E-state index in [9.17, 15) is 19.2 Å². The van der Waals surface area contributed by atoms with Gasteiger partial charge < -0.3 is 34.3 Å². The van der Waals surface area contributed by atoms with Crippen molar-refractivity contribution in [1.82, 2.24) is 0 Å². The summed E-state index contributed by atoms with van der Waals surface area (Å²) in [6.45, 7) is 76.1. The summed E-state index contributed by atoms with van der Waals surface area (Å²) in [5, 5.41) is 26.6. The summed E-state index contributed by atoms with van der Waals surface area (Å²) >= 11 is 0. The zero-order chi connectivity index (χ0) is 76.1. The first-order valence-electron chi connectivity index (χ1n) is 34.3. The summed E-state index contributed by atoms with van der Waals surface area (Å²) in [7, 11) is 0. The second-order valence-electron chi connectivity index (χ2n) is 23.7. The number of ether oxygens (including phenoxy) is 4. The van der Waals surface area contributed by atoms with Crippen molar-refractivity contribution < 1.29 is 53.4 Å². The number of hydrogen-bond acceptors (Lipinski definition) is 11. The van der Waals surface area contributed by atoms with E-state index in [4.69, 9.17) is 20.1 Å². The first kappa shape index (κ1) is 112. The molecule has 546 valence electrons. The predicted molar refractivity (Wildman–Crippen MR) is 413 cm³/mol. The smallest absolute Gasteiger partial charge is 0.333 e. The van der Waals surface area contributed by atoms with E-state index >= 15 is 0 Å². The maximum absolute atomic E-state index is 10.7. The molecular formula is C83H148O11. The molecule has 0 bridgehead atoms. The number of aryl methyl sites for hydroxylation is 6. The normalized spacial score (nSPS) is 9.43. The molecule has 11 nitrogen and oxygen atoms in total. The lowest BCUT2D eigenvalue weighted by atomic mass is 10.0. The third-order valence-electron chi connectivity index (χ3n) is 9.37. The van der Waals surface area contributed by atoms with Gasteiger partial charge in [-0.2, -0.15) is 0 Å². The zero-order valence-corrected chi connectivity index (χ0v) is 66.2. The largest absolute Gasteiger partial charge is 0.508 e. The minimum Gasteiger partial charge on any atom is -0.508 e. The Morgan fingerprint density at radius 2 is 0.713 bits per heavy atom. The molecule has 11 heteroatoms. The van der Waals surface area contributed by atoms with E-state index in [0.717, 1.165) is 36.8 Å². The Hall–Kier alpha value is -6.56. The van der Waals surface area contributed by atoms with Crippen LogP contribution < -0.4 is 0 Å². The van der Waals surface area contributed by atoms with Crippen LogP contribution in [0.2, 0.25) is 0 Å². The number of unbranched alkanes of at least 4 members (excludes halogenated alkanes) is 1. The van der Waals surface area contributed by atoms with Gasteiger partial charge in [0.15, 0.2) is 0 Å². The van der Waals surface area contributed by atoms with E-state index in [0.29, 0.717) is 48.4 Å². The average Bonchev–Trinajstić information content (AvgIpc) is 2.14. The van der Waals surface area contributed by atoms with Crippen molar-refractivity contribution in [1.29, 1.82) is 0 Å². The standard InChI is InChI=1S/C8H14O3.2C8H10.C7H12O3.C7H12O2.C7H8O.C7H8.C6H10O2.2C5H12.2C4H10.C3H8.2C2H6/c1-4-7(9)5-11-8(10)6(2)3;1-7-3-5-8(2)6-4-7;1-7-4-3-5-8(2)6-7;1-3-6(8)5-10-7(9)4-2;1-4-5-9-7(8)6(2)3;1-6-2-4-7(8)5-3-6;1-7-5-3-2-4-6-7;1-3-5-8-6(7)4-2;1-5(2,3)4;1-4-5(2)3;1-4(2)3;1-3-4-2;1-3-2;2*1-2/h7,9H,2,4-5H2,1,3H3;2*3-6H,1-2H3;4,6,8H,2-3,5H2,1H3;2,4-5H2,1,3H3;2-5,8H,1H3;2-6H,1H3;4H,2-3,5H2,1H3;1-4H3;5H,4H2,1-3H3;4H,1-3H3;3-4H2,1-2H3;3H2,1-2H3;2*1-2H3. The van der Waals surface area contributed by atoms with E-state index in [-0.39, 0.29) is 25.2 Å². The molecule has 2 unspecified atom stereocenters. The highest BCUT2D eigenvalue weighted by molar-refractivity contribution is 5.87. The van der Waals surface area contributed by atoms with Gasteiger partial charge in [0.2, 0.25) is 0 Å². The van der Waals surface area contributed by atoms with Crippen LogP contribution in [-0.2, 0) is 38.1 Å². The highest BCUT2D eigenvalue weighted by Crippen LogP contribution is 2.09. The van der Waals surface area contributed by atoms with Gasteiger partial charge >= 0.3 is 23.9 Å². The number of esters is 4. The number of phenols is 1. The molecule has 4 rings (SSSR count). The van der Waals surface area contributed by atoms with Gasteiger partial charge in [0.05, 0.1) is 25.4 Å². The number of carbonyl (C=O) groups excluding carboxylic acids is 4. The van der Waals surface area contributed by atoms with Crippen LogP contribution in [0.25, 0.3) is 0 Å². The van der Waals surface area contributed by atoms with Crippen LogP contribution in [0.4, 0.5) is 0 Å². The van der Waals surface area contributed by atoms with Crippen LogP contribution in [0.1, 0.15) is 251 Å². The monoisotopic (exact) mass is 1320 g/mol. The molecule has 4 aromatic rings. The van der Waals surface area contributed by atoms with Crippen LogP contribution in [0, 0.1) is 58.8 Å². The Bertz CT molecular complexity index is 2130. The summed E-state index contributed by atoms with van der Waals surface area (Å²) in [4.78, 5) is 41.9. The second-order valence-corrected chi connectivity index (χ2v) is 23.7. The molecule has 0 saturated heterocycles. The Morgan fingerprint density at radius 3 is 0.936 bits per heavy atom. The van der Waals surface area contributed by atoms with Gasteiger partial charge in [0.25, 0.3) is 0 Å². The van der Waals surface area contributed by atoms with Gasteiger partial charge in [0.1, 0.15) is 19.0 Å². The lowest BCUT2D eigenvalue weighted by Crippen LogP contribution is -2.17. The maximum Gasteiger partial charge on any atom is 0.333 e. The van der Waals surface area contributed by atoms with E-state index in [1.807, 2.05) is 92.6 Å². The number of carbonyl (C=O) groups is 4. The number of aliphatic hydroxyl groups is 2. The van der Waals surface area contributed by atoms with Crippen molar-refractivity contribution in [3.05, 3.63) is 186 Å². The summed E-state index contributed by atoms with van der Waals surface area (Å²) in [5.74, 6) is 0.472. The molecular weight excluding hydrogens is 1170 g/mol. The lowest BCUT2D eigenvalue weighted by molar-refractivity contribution is -0.142. The highest BCUT2D eigenvalue weighted by atomic mass is 16.5. The van der Waals surface area contributed by atoms with Crippen molar-refractivity contribution in [3.8, 4) is 5.75 Å². The van der Waals surface area contributed by atoms with Gasteiger partial charge in [0, 0.05) is 23.3 Å². The molecule has 0 heterocycles. The molecule has 0 aliphatic carbocycles. The van der Waals surface area contributed by atoms with Crippen LogP contribution in [-0.4, -0.2) is 77.8 Å². The average molecular weight is 1320 g/mol. The Balaban J connectivity index is -0.0000000888. The number of rotatable bonds is 16. The van der Waals surface area contributed by atoms with Gasteiger partial charge in [-0.1, -0.05) is 329 Å². The van der Waals surface area contributed by atoms with Gasteiger partial charge in [-0.3, -0.25) is 0 Å². The number of phenolic OH excluding ortho intramolecular Hbond substituents is 1. The fourth-order valence-corrected chi connectivity index (χ4v) is 3.87. The molecule has 0 amide bonds. The van der Waals surface area contributed by atoms with Crippen LogP contribution in [0.15, 0.2) is 153 Å². The third-order valence-corrected chi connectivity index (χ3v) is 9.37. The zero-order valence-electron chi connectivity index (χ0n) is 66.2. The summed E-state index contributed by atoms with van der Waals surface area (Å²) < 4.78 is 18.5. The first-order valence-corrected chi connectivity index (χ1v) is 34.3. The SMILES string of the molecule is C=C(C)C(=O)OCC(O)CC.C=C(C)C(=O)OCCC.C=CC(=O)OCC(O)CC.C=CC(=O)OCCC.CC.CC.CC(C)(C)C.CC(C)C.CCC.CCC(C)C.CCCC.Cc1ccc(C)cc1.Cc1ccc(O)cc1.Cc1cccc(C)c1.Cc1ccccc1. The number of aliphatic hydroxyl groups excluding tert-OH is 2. The van der Waals surface area contributed by atoms with Crippen LogP contribution in [0.3, 0.4) is 0 Å². The van der Waals surface area contributed by atoms with Gasteiger partial charge in [-0.15, -0.1) is 0 Å². The molecule has 0 radical (unpaired) electrons. The van der Waals surface area contributed by atoms with Crippen molar-refractivity contribution in [2.45, 2.75) is 271 Å². The Kier molecular flexibility index (Phi) is 103. The molecule has 0 aliphatic heterocycles. The molecule has 0 saturated carbocycles. The molecule has 0 aromatic heterocycles. The molecule has 0 fully saturated rings. The Labute approximate surface area is 581 Å². The Morgan fingerprint density at radius 1 is 0.447 bits per heavy atom. The minimum absolute atomic E-state index is 0.0569. The summed E-state index contributed by atoms with van der Waals surface area (Å²) in [6.07, 6.45) is 9.21. The first-order chi connectivity index (χ1) is 43.9. The minimum atomic E-state index is -0.557. The van der Waals surface area contributed by atoms with Crippen molar-refractivity contribution in [3.63, 3.8) is 0 Å². The van der Waals surface area contributed by atoms with E-state index in [1.54, 1.807) is 26.0 Å². The maximum atomic E-state index is 10.7. The van der Waals surface area contributed by atoms with Crippen molar-refractivity contribution >= 4 is 23.9 Å². The molecule has 3 N–H and O–H groups in total. The third kappa shape index (κ3) is 130. The lowest BCUT2D eigenvalue weighted by Gasteiger charge is -2.07. The van der Waals surface area contributed by atoms with E-state index in [1.165, 1.54) is 59.1 Å². The van der Waals surface area contributed by atoms with Crippen molar-refractivity contribution in [2.24, 2.45) is 17.3 Å². The van der Waals surface area contributed by atoms with Crippen molar-refractivity contribution in [2.75, 3.05) is 26.4 Å².